The molecular weight excluding hydrogens is 508 g/mol. The molecule has 0 amide bonds. The predicted octanol–water partition coefficient (Wildman–Crippen LogP) is 1.45. The summed E-state index contributed by atoms with van der Waals surface area (Å²) in [5.41, 5.74) is -7.51. The molecule has 10 heteroatoms. The molecule has 9 atom stereocenters. The molecule has 2 unspecified atom stereocenters. The van der Waals surface area contributed by atoms with Crippen molar-refractivity contribution in [1.82, 2.24) is 0 Å². The third kappa shape index (κ3) is 2.88. The Morgan fingerprint density at radius 3 is 2.36 bits per heavy atom. The third-order valence-corrected chi connectivity index (χ3v) is 10.4. The van der Waals surface area contributed by atoms with E-state index in [-0.39, 0.29) is 30.6 Å². The fourth-order valence-electron chi connectivity index (χ4n) is 8.58. The van der Waals surface area contributed by atoms with Crippen LogP contribution in [0, 0.1) is 16.7 Å². The summed E-state index contributed by atoms with van der Waals surface area (Å²) >= 11 is 0. The summed E-state index contributed by atoms with van der Waals surface area (Å²) < 4.78 is 24.1. The van der Waals surface area contributed by atoms with Gasteiger partial charge in [-0.3, -0.25) is 4.79 Å². The summed E-state index contributed by atoms with van der Waals surface area (Å²) in [5.74, 6) is -3.36. The number of fused-ring (bicyclic) bond motifs is 4. The quantitative estimate of drug-likeness (QED) is 0.291. The normalized spacial score (nSPS) is 45.2. The molecule has 4 fully saturated rings. The van der Waals surface area contributed by atoms with E-state index in [2.05, 4.69) is 0 Å². The largest absolute Gasteiger partial charge is 0.457 e. The van der Waals surface area contributed by atoms with E-state index < -0.39 is 75.9 Å². The fourth-order valence-corrected chi connectivity index (χ4v) is 8.58. The molecule has 10 nitrogen and oxygen atoms in total. The number of carbonyl (C=O) groups excluding carboxylic acids is 3. The monoisotopic (exact) mass is 542 g/mol. The van der Waals surface area contributed by atoms with E-state index in [0.717, 1.165) is 0 Å². The molecule has 0 radical (unpaired) electrons. The van der Waals surface area contributed by atoms with Crippen LogP contribution in [0.4, 0.5) is 0 Å². The van der Waals surface area contributed by atoms with Gasteiger partial charge >= 0.3 is 17.9 Å². The van der Waals surface area contributed by atoms with Gasteiger partial charge < -0.3 is 34.3 Å². The molecule has 3 aliphatic carbocycles. The molecule has 2 bridgehead atoms. The van der Waals surface area contributed by atoms with Gasteiger partial charge in [-0.2, -0.15) is 0 Å². The van der Waals surface area contributed by atoms with E-state index in [1.807, 2.05) is 0 Å². The van der Waals surface area contributed by atoms with Crippen molar-refractivity contribution in [2.45, 2.75) is 88.7 Å². The molecule has 2 heterocycles. The van der Waals surface area contributed by atoms with E-state index in [9.17, 15) is 29.7 Å². The van der Waals surface area contributed by atoms with Gasteiger partial charge in [0.15, 0.2) is 11.2 Å². The minimum Gasteiger partial charge on any atom is -0.457 e. The van der Waals surface area contributed by atoms with Crippen LogP contribution < -0.4 is 0 Å². The highest BCUT2D eigenvalue weighted by Crippen LogP contribution is 2.75. The van der Waals surface area contributed by atoms with Gasteiger partial charge in [-0.1, -0.05) is 25.1 Å². The Kier molecular flexibility index (Phi) is 5.36. The second-order valence-electron chi connectivity index (χ2n) is 12.4. The molecule has 1 aromatic carbocycles. The predicted molar refractivity (Wildman–Crippen MR) is 133 cm³/mol. The molecule has 2 aliphatic heterocycles. The van der Waals surface area contributed by atoms with E-state index in [0.29, 0.717) is 5.57 Å². The van der Waals surface area contributed by atoms with E-state index in [4.69, 9.17) is 18.9 Å². The Labute approximate surface area is 225 Å². The lowest BCUT2D eigenvalue weighted by molar-refractivity contribution is -0.380. The third-order valence-electron chi connectivity index (χ3n) is 10.4. The molecule has 210 valence electrons. The lowest BCUT2D eigenvalue weighted by atomic mass is 9.37. The highest BCUT2D eigenvalue weighted by Gasteiger charge is 2.87. The molecule has 3 N–H and O–H groups in total. The van der Waals surface area contributed by atoms with Gasteiger partial charge in [-0.25, -0.2) is 9.59 Å². The molecular formula is C29H34O10. The number of aliphatic hydroxyl groups excluding tert-OH is 2. The summed E-state index contributed by atoms with van der Waals surface area (Å²) in [6.45, 7) is 7.67. The molecule has 6 rings (SSSR count). The van der Waals surface area contributed by atoms with Crippen molar-refractivity contribution < 1.29 is 48.7 Å². The van der Waals surface area contributed by atoms with Crippen LogP contribution in [0.1, 0.15) is 57.8 Å². The second kappa shape index (κ2) is 7.90. The number of carbonyl (C=O) groups is 3. The highest BCUT2D eigenvalue weighted by molar-refractivity contribution is 5.91. The zero-order chi connectivity index (χ0) is 28.3. The van der Waals surface area contributed by atoms with Gasteiger partial charge in [0.25, 0.3) is 0 Å². The topological polar surface area (TPSA) is 149 Å². The first-order valence-corrected chi connectivity index (χ1v) is 13.3. The van der Waals surface area contributed by atoms with Crippen molar-refractivity contribution in [3.8, 4) is 0 Å². The lowest BCUT2D eigenvalue weighted by Crippen LogP contribution is -2.87. The number of aliphatic hydroxyl groups is 3. The average molecular weight is 543 g/mol. The first-order valence-electron chi connectivity index (χ1n) is 13.3. The standard InChI is InChI=1S/C29H34O10/c1-14-17(31)12-27-20(14)29(35,24(34)39-25(27,3)4)26(5)18(32)11-19-28(13-36-19,38-15(2)30)21(26)22(27)37-23(33)16-9-7-6-8-10-16/h6-10,17-19,21-22,31-32,35H,11-13H2,1-5H3/t17-,18-,19+,21?,22?,26+,27-,28-,29-/m0/s1. The first-order chi connectivity index (χ1) is 18.2. The maximum absolute atomic E-state index is 13.9. The molecule has 1 aromatic rings. The number of rotatable bonds is 3. The fraction of sp³-hybridized carbons (Fsp3) is 0.621. The van der Waals surface area contributed by atoms with Gasteiger partial charge in [0.2, 0.25) is 0 Å². The van der Waals surface area contributed by atoms with E-state index in [1.165, 1.54) is 6.92 Å². The Hall–Kier alpha value is -2.79. The maximum Gasteiger partial charge on any atom is 0.343 e. The average Bonchev–Trinajstić information content (AvgIpc) is 3.15. The van der Waals surface area contributed by atoms with Gasteiger partial charge in [0.1, 0.15) is 17.8 Å². The Balaban J connectivity index is 1.67. The van der Waals surface area contributed by atoms with Crippen molar-refractivity contribution in [3.05, 3.63) is 47.0 Å². The zero-order valence-electron chi connectivity index (χ0n) is 22.6. The number of hydrogen-bond acceptors (Lipinski definition) is 10. The zero-order valence-corrected chi connectivity index (χ0v) is 22.6. The number of ether oxygens (including phenoxy) is 4. The van der Waals surface area contributed by atoms with Gasteiger partial charge in [0.05, 0.1) is 35.7 Å². The van der Waals surface area contributed by atoms with Crippen molar-refractivity contribution >= 4 is 17.9 Å². The lowest BCUT2D eigenvalue weighted by Gasteiger charge is -2.73. The molecule has 2 saturated heterocycles. The van der Waals surface area contributed by atoms with Crippen LogP contribution >= 0.6 is 0 Å². The summed E-state index contributed by atoms with van der Waals surface area (Å²) in [5, 5.41) is 35.5. The Morgan fingerprint density at radius 1 is 1.10 bits per heavy atom. The summed E-state index contributed by atoms with van der Waals surface area (Å²) in [7, 11) is 0. The van der Waals surface area contributed by atoms with Crippen LogP contribution in [-0.4, -0.2) is 81.1 Å². The highest BCUT2D eigenvalue weighted by atomic mass is 16.6. The summed E-state index contributed by atoms with van der Waals surface area (Å²) in [6, 6.07) is 8.35. The molecule has 39 heavy (non-hydrogen) atoms. The van der Waals surface area contributed by atoms with Crippen molar-refractivity contribution in [1.29, 1.82) is 0 Å². The first kappa shape index (κ1) is 26.4. The summed E-state index contributed by atoms with van der Waals surface area (Å²) in [4.78, 5) is 40.1. The number of cyclic esters (lactones) is 1. The van der Waals surface area contributed by atoms with Crippen LogP contribution in [0.2, 0.25) is 0 Å². The Bertz CT molecular complexity index is 1300. The molecule has 0 spiro atoms. The van der Waals surface area contributed by atoms with Crippen LogP contribution in [0.3, 0.4) is 0 Å². The van der Waals surface area contributed by atoms with Crippen LogP contribution in [0.25, 0.3) is 0 Å². The van der Waals surface area contributed by atoms with Crippen LogP contribution in [-0.2, 0) is 28.5 Å². The van der Waals surface area contributed by atoms with Gasteiger partial charge in [-0.15, -0.1) is 0 Å². The molecule has 2 saturated carbocycles. The maximum atomic E-state index is 13.9. The van der Waals surface area contributed by atoms with Crippen LogP contribution in [0.5, 0.6) is 0 Å². The van der Waals surface area contributed by atoms with Gasteiger partial charge in [-0.05, 0) is 50.5 Å². The van der Waals surface area contributed by atoms with E-state index in [1.54, 1.807) is 58.0 Å². The van der Waals surface area contributed by atoms with Crippen molar-refractivity contribution in [2.24, 2.45) is 16.7 Å². The van der Waals surface area contributed by atoms with E-state index >= 15 is 0 Å². The minimum atomic E-state index is -2.41. The number of benzene rings is 1. The molecule has 0 aromatic heterocycles. The molecule has 5 aliphatic rings. The second-order valence-corrected chi connectivity index (χ2v) is 12.4. The van der Waals surface area contributed by atoms with Crippen molar-refractivity contribution in [2.75, 3.05) is 6.61 Å². The SMILES string of the molecule is CC(=O)O[C@@]12CO[C@@H]1C[C@H](O)[C@]1(C)C2C(OC(=O)c2ccccc2)[C@]23C[C@H](O)C(C)=C2[C@]1(O)C(=O)OC3(C)C. The van der Waals surface area contributed by atoms with Crippen molar-refractivity contribution in [3.63, 3.8) is 0 Å². The minimum absolute atomic E-state index is 0.0200. The summed E-state index contributed by atoms with van der Waals surface area (Å²) in [6.07, 6.45) is -4.44. The number of esters is 3. The van der Waals surface area contributed by atoms with Gasteiger partial charge in [0, 0.05) is 18.8 Å². The Morgan fingerprint density at radius 2 is 1.77 bits per heavy atom. The van der Waals surface area contributed by atoms with Crippen LogP contribution in [0.15, 0.2) is 41.5 Å². The number of hydrogen-bond donors (Lipinski definition) is 3. The smallest absolute Gasteiger partial charge is 0.343 e.